The van der Waals surface area contributed by atoms with Crippen LogP contribution in [0.4, 0.5) is 0 Å². The zero-order valence-electron chi connectivity index (χ0n) is 9.95. The van der Waals surface area contributed by atoms with Crippen molar-refractivity contribution in [2.24, 2.45) is 5.92 Å². The summed E-state index contributed by atoms with van der Waals surface area (Å²) >= 11 is 3.44. The van der Waals surface area contributed by atoms with Crippen LogP contribution in [-0.4, -0.2) is 25.3 Å². The third-order valence-corrected chi connectivity index (χ3v) is 3.79. The van der Waals surface area contributed by atoms with Crippen LogP contribution in [0.25, 0.3) is 0 Å². The molecule has 4 heteroatoms. The number of benzene rings is 1. The smallest absolute Gasteiger partial charge is 0.124 e. The fourth-order valence-electron chi connectivity index (χ4n) is 2.34. The second-order valence-corrected chi connectivity index (χ2v) is 5.35. The summed E-state index contributed by atoms with van der Waals surface area (Å²) in [6.45, 7) is 1.93. The minimum Gasteiger partial charge on any atom is -0.496 e. The average molecular weight is 300 g/mol. The fourth-order valence-corrected chi connectivity index (χ4v) is 2.72. The predicted octanol–water partition coefficient (Wildman–Crippen LogP) is 2.49. The summed E-state index contributed by atoms with van der Waals surface area (Å²) in [5.41, 5.74) is 0.871. The maximum absolute atomic E-state index is 10.4. The van der Waals surface area contributed by atoms with Crippen LogP contribution in [0.1, 0.15) is 24.5 Å². The van der Waals surface area contributed by atoms with Gasteiger partial charge in [0, 0.05) is 22.5 Å². The number of piperidine rings is 1. The summed E-state index contributed by atoms with van der Waals surface area (Å²) < 4.78 is 6.28. The number of rotatable bonds is 3. The molecule has 0 bridgehead atoms. The lowest BCUT2D eigenvalue weighted by Crippen LogP contribution is -2.33. The summed E-state index contributed by atoms with van der Waals surface area (Å²) in [5, 5.41) is 13.8. The first-order chi connectivity index (χ1) is 8.22. The van der Waals surface area contributed by atoms with Gasteiger partial charge in [0.2, 0.25) is 0 Å². The number of aliphatic hydroxyl groups is 1. The highest BCUT2D eigenvalue weighted by Crippen LogP contribution is 2.34. The van der Waals surface area contributed by atoms with Gasteiger partial charge in [-0.15, -0.1) is 0 Å². The Hall–Kier alpha value is -0.580. The number of methoxy groups -OCH3 is 1. The third kappa shape index (κ3) is 3.00. The summed E-state index contributed by atoms with van der Waals surface area (Å²) in [5.74, 6) is 1.03. The number of ether oxygens (including phenoxy) is 1. The van der Waals surface area contributed by atoms with Gasteiger partial charge in [0.15, 0.2) is 0 Å². The standard InChI is InChI=1S/C13H18BrNO2/c1-17-12-5-4-10(14)7-11(12)13(16)9-3-2-6-15-8-9/h4-5,7,9,13,15-16H,2-3,6,8H2,1H3. The van der Waals surface area contributed by atoms with E-state index in [2.05, 4.69) is 21.2 Å². The van der Waals surface area contributed by atoms with Gasteiger partial charge in [-0.1, -0.05) is 15.9 Å². The van der Waals surface area contributed by atoms with Gasteiger partial charge < -0.3 is 15.2 Å². The lowest BCUT2D eigenvalue weighted by atomic mass is 9.89. The zero-order valence-corrected chi connectivity index (χ0v) is 11.5. The molecule has 2 rings (SSSR count). The molecule has 2 N–H and O–H groups in total. The second kappa shape index (κ2) is 5.85. The third-order valence-electron chi connectivity index (χ3n) is 3.29. The molecule has 1 heterocycles. The highest BCUT2D eigenvalue weighted by atomic mass is 79.9. The molecule has 94 valence electrons. The van der Waals surface area contributed by atoms with Crippen LogP contribution in [-0.2, 0) is 0 Å². The normalized spacial score (nSPS) is 22.2. The Balaban J connectivity index is 2.21. The van der Waals surface area contributed by atoms with Gasteiger partial charge in [-0.25, -0.2) is 0 Å². The fraction of sp³-hybridized carbons (Fsp3) is 0.538. The monoisotopic (exact) mass is 299 g/mol. The number of nitrogens with one attached hydrogen (secondary N) is 1. The molecule has 3 nitrogen and oxygen atoms in total. The molecular weight excluding hydrogens is 282 g/mol. The molecule has 0 amide bonds. The van der Waals surface area contributed by atoms with E-state index in [0.29, 0.717) is 0 Å². The first-order valence-corrected chi connectivity index (χ1v) is 6.74. The van der Waals surface area contributed by atoms with E-state index in [1.54, 1.807) is 7.11 Å². The molecule has 1 aromatic rings. The van der Waals surface area contributed by atoms with E-state index in [4.69, 9.17) is 4.74 Å². The van der Waals surface area contributed by atoms with Gasteiger partial charge in [0.25, 0.3) is 0 Å². The Morgan fingerprint density at radius 2 is 2.35 bits per heavy atom. The van der Waals surface area contributed by atoms with Crippen LogP contribution in [0.15, 0.2) is 22.7 Å². The molecule has 1 aromatic carbocycles. The Labute approximate surface area is 110 Å². The van der Waals surface area contributed by atoms with Crippen LogP contribution in [0.5, 0.6) is 5.75 Å². The molecule has 1 saturated heterocycles. The molecule has 0 saturated carbocycles. The van der Waals surface area contributed by atoms with Gasteiger partial charge in [-0.3, -0.25) is 0 Å². The van der Waals surface area contributed by atoms with Crippen LogP contribution in [0.2, 0.25) is 0 Å². The number of aliphatic hydroxyl groups excluding tert-OH is 1. The summed E-state index contributed by atoms with van der Waals surface area (Å²) in [4.78, 5) is 0. The lowest BCUT2D eigenvalue weighted by molar-refractivity contribution is 0.0896. The minimum atomic E-state index is -0.463. The quantitative estimate of drug-likeness (QED) is 0.901. The number of hydrogen-bond donors (Lipinski definition) is 2. The molecule has 0 spiro atoms. The molecule has 0 aliphatic carbocycles. The minimum absolute atomic E-state index is 0.270. The maximum Gasteiger partial charge on any atom is 0.124 e. The SMILES string of the molecule is COc1ccc(Br)cc1C(O)C1CCCNC1. The van der Waals surface area contributed by atoms with Crippen molar-refractivity contribution >= 4 is 15.9 Å². The van der Waals surface area contributed by atoms with Gasteiger partial charge in [-0.05, 0) is 37.6 Å². The van der Waals surface area contributed by atoms with Crippen molar-refractivity contribution in [3.63, 3.8) is 0 Å². The first kappa shape index (κ1) is 12.9. The van der Waals surface area contributed by atoms with Gasteiger partial charge in [0.05, 0.1) is 13.2 Å². The molecule has 1 fully saturated rings. The van der Waals surface area contributed by atoms with Crippen LogP contribution in [0, 0.1) is 5.92 Å². The van der Waals surface area contributed by atoms with Gasteiger partial charge >= 0.3 is 0 Å². The summed E-state index contributed by atoms with van der Waals surface area (Å²) in [7, 11) is 1.64. The van der Waals surface area contributed by atoms with E-state index in [0.717, 1.165) is 41.7 Å². The predicted molar refractivity (Wildman–Crippen MR) is 71.2 cm³/mol. The van der Waals surface area contributed by atoms with Crippen LogP contribution >= 0.6 is 15.9 Å². The molecule has 1 aliphatic heterocycles. The molecule has 0 radical (unpaired) electrons. The maximum atomic E-state index is 10.4. The van der Waals surface area contributed by atoms with Crippen LogP contribution in [0.3, 0.4) is 0 Å². The van der Waals surface area contributed by atoms with Crippen molar-refractivity contribution in [2.45, 2.75) is 18.9 Å². The zero-order chi connectivity index (χ0) is 12.3. The largest absolute Gasteiger partial charge is 0.496 e. The molecular formula is C13H18BrNO2. The van der Waals surface area contributed by atoms with E-state index >= 15 is 0 Å². The van der Waals surface area contributed by atoms with Crippen molar-refractivity contribution in [3.05, 3.63) is 28.2 Å². The Bertz CT molecular complexity index is 378. The first-order valence-electron chi connectivity index (χ1n) is 5.94. The lowest BCUT2D eigenvalue weighted by Gasteiger charge is -2.28. The van der Waals surface area contributed by atoms with E-state index in [1.807, 2.05) is 18.2 Å². The molecule has 17 heavy (non-hydrogen) atoms. The summed E-state index contributed by atoms with van der Waals surface area (Å²) in [6.07, 6.45) is 1.72. The second-order valence-electron chi connectivity index (χ2n) is 4.44. The summed E-state index contributed by atoms with van der Waals surface area (Å²) in [6, 6.07) is 5.76. The number of halogens is 1. The topological polar surface area (TPSA) is 41.5 Å². The Kier molecular flexibility index (Phi) is 4.42. The number of hydrogen-bond acceptors (Lipinski definition) is 3. The van der Waals surface area contributed by atoms with Crippen molar-refractivity contribution in [2.75, 3.05) is 20.2 Å². The van der Waals surface area contributed by atoms with E-state index in [9.17, 15) is 5.11 Å². The van der Waals surface area contributed by atoms with E-state index < -0.39 is 6.10 Å². The van der Waals surface area contributed by atoms with Gasteiger partial charge in [-0.2, -0.15) is 0 Å². The molecule has 1 aliphatic rings. The Morgan fingerprint density at radius 3 is 3.00 bits per heavy atom. The Morgan fingerprint density at radius 1 is 1.53 bits per heavy atom. The highest BCUT2D eigenvalue weighted by Gasteiger charge is 2.25. The van der Waals surface area contributed by atoms with Crippen molar-refractivity contribution < 1.29 is 9.84 Å². The molecule has 2 unspecified atom stereocenters. The van der Waals surface area contributed by atoms with E-state index in [-0.39, 0.29) is 5.92 Å². The van der Waals surface area contributed by atoms with Crippen molar-refractivity contribution in [1.29, 1.82) is 0 Å². The van der Waals surface area contributed by atoms with E-state index in [1.165, 1.54) is 0 Å². The van der Waals surface area contributed by atoms with Crippen molar-refractivity contribution in [1.82, 2.24) is 5.32 Å². The molecule has 0 aromatic heterocycles. The van der Waals surface area contributed by atoms with Gasteiger partial charge in [0.1, 0.15) is 5.75 Å². The highest BCUT2D eigenvalue weighted by molar-refractivity contribution is 9.10. The van der Waals surface area contributed by atoms with Crippen LogP contribution < -0.4 is 10.1 Å². The molecule has 2 atom stereocenters. The average Bonchev–Trinajstić information content (AvgIpc) is 2.39. The van der Waals surface area contributed by atoms with Crippen molar-refractivity contribution in [3.8, 4) is 5.75 Å².